The van der Waals surface area contributed by atoms with Crippen LogP contribution in [0.1, 0.15) is 12.0 Å². The van der Waals surface area contributed by atoms with Gasteiger partial charge in [0.25, 0.3) is 10.0 Å². The van der Waals surface area contributed by atoms with Crippen molar-refractivity contribution in [3.8, 4) is 0 Å². The van der Waals surface area contributed by atoms with Gasteiger partial charge in [0.2, 0.25) is 0 Å². The van der Waals surface area contributed by atoms with E-state index in [1.54, 1.807) is 12.3 Å². The van der Waals surface area contributed by atoms with Gasteiger partial charge in [-0.1, -0.05) is 6.07 Å². The molecule has 2 N–H and O–H groups in total. The van der Waals surface area contributed by atoms with Crippen LogP contribution in [-0.2, 0) is 10.0 Å². The highest BCUT2D eigenvalue weighted by molar-refractivity contribution is 7.89. The predicted molar refractivity (Wildman–Crippen MR) is 67.8 cm³/mol. The Labute approximate surface area is 107 Å². The molecule has 1 fully saturated rings. The van der Waals surface area contributed by atoms with E-state index in [2.05, 4.69) is 15.0 Å². The van der Waals surface area contributed by atoms with Gasteiger partial charge in [-0.15, -0.1) is 12.4 Å². The van der Waals surface area contributed by atoms with E-state index in [9.17, 15) is 8.42 Å². The normalized spacial score (nSPS) is 19.9. The number of pyridine rings is 1. The van der Waals surface area contributed by atoms with Gasteiger partial charge in [-0.3, -0.25) is 0 Å². The zero-order valence-electron chi connectivity index (χ0n) is 9.51. The average molecular weight is 278 g/mol. The zero-order chi connectivity index (χ0) is 11.6. The fourth-order valence-corrected chi connectivity index (χ4v) is 2.85. The van der Waals surface area contributed by atoms with Crippen molar-refractivity contribution in [2.75, 3.05) is 13.1 Å². The van der Waals surface area contributed by atoms with E-state index in [4.69, 9.17) is 0 Å². The predicted octanol–water partition coefficient (Wildman–Crippen LogP) is 0.452. The van der Waals surface area contributed by atoms with Crippen molar-refractivity contribution in [3.63, 3.8) is 0 Å². The van der Waals surface area contributed by atoms with Crippen LogP contribution in [0.15, 0.2) is 23.4 Å². The van der Waals surface area contributed by atoms with Crippen molar-refractivity contribution in [1.29, 1.82) is 0 Å². The molecule has 0 aliphatic carbocycles. The summed E-state index contributed by atoms with van der Waals surface area (Å²) in [5.74, 6) is 0. The van der Waals surface area contributed by atoms with Crippen LogP contribution in [0.4, 0.5) is 0 Å². The Morgan fingerprint density at radius 3 is 2.76 bits per heavy atom. The van der Waals surface area contributed by atoms with E-state index in [1.807, 2.05) is 6.92 Å². The molecule has 0 amide bonds. The molecule has 1 aromatic rings. The van der Waals surface area contributed by atoms with Crippen molar-refractivity contribution in [2.24, 2.45) is 0 Å². The Balaban J connectivity index is 0.00000144. The molecule has 0 saturated carbocycles. The van der Waals surface area contributed by atoms with E-state index < -0.39 is 10.0 Å². The average Bonchev–Trinajstić information content (AvgIpc) is 2.70. The Hall–Kier alpha value is -0.690. The van der Waals surface area contributed by atoms with Gasteiger partial charge < -0.3 is 5.32 Å². The summed E-state index contributed by atoms with van der Waals surface area (Å²) in [6.07, 6.45) is 2.38. The lowest BCUT2D eigenvalue weighted by Crippen LogP contribution is -2.36. The molecular weight excluding hydrogens is 262 g/mol. The van der Waals surface area contributed by atoms with Gasteiger partial charge in [0.1, 0.15) is 0 Å². The van der Waals surface area contributed by atoms with Gasteiger partial charge in [-0.2, -0.15) is 0 Å². The molecule has 2 heterocycles. The number of rotatable bonds is 3. The molecular formula is C10H16ClN3O2S. The Kier molecular flexibility index (Phi) is 4.88. The van der Waals surface area contributed by atoms with E-state index in [0.29, 0.717) is 6.54 Å². The van der Waals surface area contributed by atoms with Crippen LogP contribution in [0, 0.1) is 6.92 Å². The number of nitrogens with zero attached hydrogens (tertiary/aromatic N) is 1. The highest BCUT2D eigenvalue weighted by Gasteiger charge is 2.23. The second-order valence-corrected chi connectivity index (χ2v) is 5.65. The molecule has 96 valence electrons. The van der Waals surface area contributed by atoms with E-state index in [1.165, 1.54) is 6.07 Å². The van der Waals surface area contributed by atoms with Gasteiger partial charge in [-0.05, 0) is 31.5 Å². The minimum Gasteiger partial charge on any atom is -0.315 e. The third-order valence-corrected chi connectivity index (χ3v) is 3.98. The lowest BCUT2D eigenvalue weighted by molar-refractivity contribution is 0.556. The fourth-order valence-electron chi connectivity index (χ4n) is 1.65. The van der Waals surface area contributed by atoms with Crippen LogP contribution in [0.5, 0.6) is 0 Å². The van der Waals surface area contributed by atoms with Crippen LogP contribution in [0.3, 0.4) is 0 Å². The number of hydrogen-bond acceptors (Lipinski definition) is 4. The summed E-state index contributed by atoms with van der Waals surface area (Å²) in [7, 11) is -3.46. The molecule has 1 atom stereocenters. The first-order valence-corrected chi connectivity index (χ1v) is 6.72. The molecule has 1 aliphatic rings. The number of aryl methyl sites for hydroxylation is 1. The summed E-state index contributed by atoms with van der Waals surface area (Å²) in [4.78, 5) is 3.92. The van der Waals surface area contributed by atoms with Crippen molar-refractivity contribution in [2.45, 2.75) is 24.4 Å². The first-order valence-electron chi connectivity index (χ1n) is 5.24. The van der Waals surface area contributed by atoms with Gasteiger partial charge >= 0.3 is 0 Å². The summed E-state index contributed by atoms with van der Waals surface area (Å²) >= 11 is 0. The summed E-state index contributed by atoms with van der Waals surface area (Å²) in [5, 5.41) is 3.20. The SMILES string of the molecule is Cc1ccc(S(=O)(=O)N[C@@H]2CCNC2)nc1.Cl. The lowest BCUT2D eigenvalue weighted by atomic mass is 10.3. The maximum absolute atomic E-state index is 11.9. The highest BCUT2D eigenvalue weighted by atomic mass is 35.5. The lowest BCUT2D eigenvalue weighted by Gasteiger charge is -2.11. The Bertz CT molecular complexity index is 455. The third-order valence-electron chi connectivity index (χ3n) is 2.54. The molecule has 0 spiro atoms. The van der Waals surface area contributed by atoms with Crippen molar-refractivity contribution in [1.82, 2.24) is 15.0 Å². The second kappa shape index (κ2) is 5.77. The van der Waals surface area contributed by atoms with Gasteiger partial charge in [0.05, 0.1) is 0 Å². The monoisotopic (exact) mass is 277 g/mol. The number of hydrogen-bond donors (Lipinski definition) is 2. The second-order valence-electron chi connectivity index (χ2n) is 3.98. The quantitative estimate of drug-likeness (QED) is 0.842. The molecule has 0 unspecified atom stereocenters. The first-order chi connectivity index (χ1) is 7.58. The molecule has 17 heavy (non-hydrogen) atoms. The maximum Gasteiger partial charge on any atom is 0.258 e. The molecule has 7 heteroatoms. The van der Waals surface area contributed by atoms with Crippen molar-refractivity contribution >= 4 is 22.4 Å². The Morgan fingerprint density at radius 2 is 2.24 bits per heavy atom. The van der Waals surface area contributed by atoms with Crippen molar-refractivity contribution in [3.05, 3.63) is 23.9 Å². The first kappa shape index (κ1) is 14.4. The van der Waals surface area contributed by atoms with Crippen LogP contribution < -0.4 is 10.0 Å². The molecule has 1 saturated heterocycles. The molecule has 0 aromatic carbocycles. The molecule has 1 aliphatic heterocycles. The number of aromatic nitrogens is 1. The molecule has 0 radical (unpaired) electrons. The fraction of sp³-hybridized carbons (Fsp3) is 0.500. The largest absolute Gasteiger partial charge is 0.315 e. The number of nitrogens with one attached hydrogen (secondary N) is 2. The summed E-state index contributed by atoms with van der Waals surface area (Å²) < 4.78 is 26.4. The molecule has 5 nitrogen and oxygen atoms in total. The van der Waals surface area contributed by atoms with Gasteiger partial charge in [0, 0.05) is 18.8 Å². The number of sulfonamides is 1. The third kappa shape index (κ3) is 3.64. The smallest absolute Gasteiger partial charge is 0.258 e. The zero-order valence-corrected chi connectivity index (χ0v) is 11.1. The molecule has 1 aromatic heterocycles. The van der Waals surface area contributed by atoms with Crippen LogP contribution in [0.2, 0.25) is 0 Å². The minimum atomic E-state index is -3.46. The summed E-state index contributed by atoms with van der Waals surface area (Å²) in [5.41, 5.74) is 0.946. The Morgan fingerprint density at radius 1 is 1.47 bits per heavy atom. The topological polar surface area (TPSA) is 71.1 Å². The van der Waals surface area contributed by atoms with E-state index in [0.717, 1.165) is 18.5 Å². The van der Waals surface area contributed by atoms with Crippen LogP contribution in [-0.4, -0.2) is 32.5 Å². The van der Waals surface area contributed by atoms with Crippen molar-refractivity contribution < 1.29 is 8.42 Å². The summed E-state index contributed by atoms with van der Waals surface area (Å²) in [6, 6.07) is 3.25. The van der Waals surface area contributed by atoms with Crippen LogP contribution in [0.25, 0.3) is 0 Å². The van der Waals surface area contributed by atoms with E-state index >= 15 is 0 Å². The van der Waals surface area contributed by atoms with Gasteiger partial charge in [-0.25, -0.2) is 18.1 Å². The van der Waals surface area contributed by atoms with Crippen LogP contribution >= 0.6 is 12.4 Å². The van der Waals surface area contributed by atoms with E-state index in [-0.39, 0.29) is 23.5 Å². The molecule has 2 rings (SSSR count). The maximum atomic E-state index is 11.9. The highest BCUT2D eigenvalue weighted by Crippen LogP contribution is 2.08. The minimum absolute atomic E-state index is 0. The standard InChI is InChI=1S/C10H15N3O2S.ClH/c1-8-2-3-10(12-6-8)16(14,15)13-9-4-5-11-7-9;/h2-3,6,9,11,13H,4-5,7H2,1H3;1H/t9-;/m1./s1. The molecule has 0 bridgehead atoms. The summed E-state index contributed by atoms with van der Waals surface area (Å²) in [6.45, 7) is 3.41. The number of halogens is 1. The van der Waals surface area contributed by atoms with Gasteiger partial charge in [0.15, 0.2) is 5.03 Å².